The van der Waals surface area contributed by atoms with E-state index in [4.69, 9.17) is 9.47 Å². The molecular formula is C17H27NO2. The molecule has 0 saturated heterocycles. The zero-order valence-corrected chi connectivity index (χ0v) is 12.6. The van der Waals surface area contributed by atoms with E-state index in [1.165, 1.54) is 24.0 Å². The molecule has 0 amide bonds. The van der Waals surface area contributed by atoms with Crippen LogP contribution >= 0.6 is 0 Å². The topological polar surface area (TPSA) is 30.5 Å². The van der Waals surface area contributed by atoms with Crippen molar-refractivity contribution in [2.75, 3.05) is 33.5 Å². The number of hydrogen-bond acceptors (Lipinski definition) is 3. The molecule has 0 unspecified atom stereocenters. The molecule has 0 aromatic heterocycles. The summed E-state index contributed by atoms with van der Waals surface area (Å²) in [5.41, 5.74) is 2.93. The summed E-state index contributed by atoms with van der Waals surface area (Å²) in [5, 5.41) is 3.51. The summed E-state index contributed by atoms with van der Waals surface area (Å²) in [5.74, 6) is 0.846. The molecule has 0 heterocycles. The Hall–Kier alpha value is -0.900. The van der Waals surface area contributed by atoms with Crippen molar-refractivity contribution in [2.24, 2.45) is 0 Å². The van der Waals surface area contributed by atoms with Crippen LogP contribution in [0.15, 0.2) is 24.3 Å². The smallest absolute Gasteiger partial charge is 0.0700 e. The van der Waals surface area contributed by atoms with Crippen molar-refractivity contribution in [1.29, 1.82) is 0 Å². The van der Waals surface area contributed by atoms with Crippen LogP contribution in [-0.4, -0.2) is 33.5 Å². The molecule has 0 bridgehead atoms. The van der Waals surface area contributed by atoms with Gasteiger partial charge in [-0.3, -0.25) is 0 Å². The Kier molecular flexibility index (Phi) is 7.06. The van der Waals surface area contributed by atoms with E-state index in [0.717, 1.165) is 38.5 Å². The SMILES string of the molecule is COCCOCCCCNCc1cccc(C2CC2)c1. The number of unbranched alkanes of at least 4 members (excludes halogenated alkanes) is 1. The lowest BCUT2D eigenvalue weighted by Crippen LogP contribution is -2.15. The molecule has 112 valence electrons. The maximum Gasteiger partial charge on any atom is 0.0700 e. The van der Waals surface area contributed by atoms with Gasteiger partial charge in [-0.2, -0.15) is 0 Å². The van der Waals surface area contributed by atoms with E-state index < -0.39 is 0 Å². The number of rotatable bonds is 11. The molecule has 3 nitrogen and oxygen atoms in total. The fourth-order valence-corrected chi connectivity index (χ4v) is 2.30. The number of benzene rings is 1. The highest BCUT2D eigenvalue weighted by molar-refractivity contribution is 5.29. The molecule has 1 aromatic carbocycles. The summed E-state index contributed by atoms with van der Waals surface area (Å²) in [6, 6.07) is 9.03. The first-order valence-electron chi connectivity index (χ1n) is 7.76. The highest BCUT2D eigenvalue weighted by atomic mass is 16.5. The average Bonchev–Trinajstić information content (AvgIpc) is 3.30. The van der Waals surface area contributed by atoms with E-state index in [9.17, 15) is 0 Å². The Morgan fingerprint density at radius 3 is 2.85 bits per heavy atom. The van der Waals surface area contributed by atoms with Gasteiger partial charge in [-0.05, 0) is 49.3 Å². The van der Waals surface area contributed by atoms with Crippen LogP contribution in [0.25, 0.3) is 0 Å². The zero-order chi connectivity index (χ0) is 14.0. The van der Waals surface area contributed by atoms with Crippen molar-refractivity contribution in [3.63, 3.8) is 0 Å². The summed E-state index contributed by atoms with van der Waals surface area (Å²) in [4.78, 5) is 0. The summed E-state index contributed by atoms with van der Waals surface area (Å²) in [7, 11) is 1.70. The van der Waals surface area contributed by atoms with Crippen LogP contribution < -0.4 is 5.32 Å². The van der Waals surface area contributed by atoms with Crippen LogP contribution in [0.3, 0.4) is 0 Å². The number of methoxy groups -OCH3 is 1. The van der Waals surface area contributed by atoms with Crippen molar-refractivity contribution in [3.05, 3.63) is 35.4 Å². The monoisotopic (exact) mass is 277 g/mol. The van der Waals surface area contributed by atoms with Gasteiger partial charge in [0.05, 0.1) is 13.2 Å². The minimum Gasteiger partial charge on any atom is -0.382 e. The normalized spacial score (nSPS) is 14.7. The van der Waals surface area contributed by atoms with E-state index in [-0.39, 0.29) is 0 Å². The first-order chi connectivity index (χ1) is 9.90. The zero-order valence-electron chi connectivity index (χ0n) is 12.6. The predicted octanol–water partition coefficient (Wildman–Crippen LogP) is 3.10. The maximum absolute atomic E-state index is 5.44. The van der Waals surface area contributed by atoms with Gasteiger partial charge < -0.3 is 14.8 Å². The van der Waals surface area contributed by atoms with Crippen molar-refractivity contribution >= 4 is 0 Å². The predicted molar refractivity (Wildman–Crippen MR) is 82.1 cm³/mol. The molecule has 1 aliphatic carbocycles. The van der Waals surface area contributed by atoms with Gasteiger partial charge in [-0.1, -0.05) is 24.3 Å². The van der Waals surface area contributed by atoms with Gasteiger partial charge in [0.15, 0.2) is 0 Å². The molecule has 1 N–H and O–H groups in total. The molecule has 20 heavy (non-hydrogen) atoms. The second-order valence-electron chi connectivity index (χ2n) is 5.51. The van der Waals surface area contributed by atoms with Gasteiger partial charge in [-0.25, -0.2) is 0 Å². The highest BCUT2D eigenvalue weighted by Crippen LogP contribution is 2.40. The lowest BCUT2D eigenvalue weighted by atomic mass is 10.1. The van der Waals surface area contributed by atoms with Gasteiger partial charge in [0.2, 0.25) is 0 Å². The molecule has 1 aliphatic rings. The lowest BCUT2D eigenvalue weighted by Gasteiger charge is -2.07. The standard InChI is InChI=1S/C17H27NO2/c1-19-11-12-20-10-3-2-9-18-14-15-5-4-6-17(13-15)16-7-8-16/h4-6,13,16,18H,2-3,7-12,14H2,1H3. The fourth-order valence-electron chi connectivity index (χ4n) is 2.30. The van der Waals surface area contributed by atoms with Gasteiger partial charge in [0.25, 0.3) is 0 Å². The van der Waals surface area contributed by atoms with Crippen molar-refractivity contribution in [1.82, 2.24) is 5.32 Å². The Morgan fingerprint density at radius 2 is 2.05 bits per heavy atom. The first kappa shape index (κ1) is 15.5. The molecule has 0 radical (unpaired) electrons. The van der Waals surface area contributed by atoms with Gasteiger partial charge in [0, 0.05) is 20.3 Å². The molecule has 0 atom stereocenters. The molecular weight excluding hydrogens is 250 g/mol. The Bertz CT molecular complexity index is 377. The molecule has 0 spiro atoms. The van der Waals surface area contributed by atoms with Crippen LogP contribution in [-0.2, 0) is 16.0 Å². The van der Waals surface area contributed by atoms with Gasteiger partial charge in [0.1, 0.15) is 0 Å². The molecule has 1 aromatic rings. The van der Waals surface area contributed by atoms with Crippen molar-refractivity contribution in [2.45, 2.75) is 38.1 Å². The lowest BCUT2D eigenvalue weighted by molar-refractivity contribution is 0.0688. The van der Waals surface area contributed by atoms with Crippen LogP contribution in [0.1, 0.15) is 42.7 Å². The molecule has 2 rings (SSSR count). The van der Waals surface area contributed by atoms with E-state index in [1.54, 1.807) is 7.11 Å². The van der Waals surface area contributed by atoms with Gasteiger partial charge in [-0.15, -0.1) is 0 Å². The number of hydrogen-bond donors (Lipinski definition) is 1. The molecule has 1 saturated carbocycles. The second-order valence-corrected chi connectivity index (χ2v) is 5.51. The Balaban J connectivity index is 1.49. The summed E-state index contributed by atoms with van der Waals surface area (Å²) < 4.78 is 10.4. The third-order valence-corrected chi connectivity index (χ3v) is 3.65. The summed E-state index contributed by atoms with van der Waals surface area (Å²) in [6.45, 7) is 4.27. The summed E-state index contributed by atoms with van der Waals surface area (Å²) in [6.07, 6.45) is 5.02. The van der Waals surface area contributed by atoms with Crippen LogP contribution in [0.2, 0.25) is 0 Å². The van der Waals surface area contributed by atoms with Crippen molar-refractivity contribution < 1.29 is 9.47 Å². The maximum atomic E-state index is 5.44. The molecule has 3 heteroatoms. The average molecular weight is 277 g/mol. The minimum atomic E-state index is 0.690. The van der Waals surface area contributed by atoms with Gasteiger partial charge >= 0.3 is 0 Å². The summed E-state index contributed by atoms with van der Waals surface area (Å²) >= 11 is 0. The first-order valence-corrected chi connectivity index (χ1v) is 7.76. The van der Waals surface area contributed by atoms with Crippen molar-refractivity contribution in [3.8, 4) is 0 Å². The third kappa shape index (κ3) is 6.04. The number of nitrogens with one attached hydrogen (secondary N) is 1. The van der Waals surface area contributed by atoms with Crippen LogP contribution in [0, 0.1) is 0 Å². The Labute approximate surface area is 122 Å². The fraction of sp³-hybridized carbons (Fsp3) is 0.647. The van der Waals surface area contributed by atoms with E-state index in [0.29, 0.717) is 13.2 Å². The highest BCUT2D eigenvalue weighted by Gasteiger charge is 2.23. The second kappa shape index (κ2) is 9.11. The molecule has 1 fully saturated rings. The van der Waals surface area contributed by atoms with Crippen LogP contribution in [0.5, 0.6) is 0 Å². The Morgan fingerprint density at radius 1 is 1.15 bits per heavy atom. The van der Waals surface area contributed by atoms with E-state index >= 15 is 0 Å². The van der Waals surface area contributed by atoms with Crippen LogP contribution in [0.4, 0.5) is 0 Å². The third-order valence-electron chi connectivity index (χ3n) is 3.65. The number of ether oxygens (including phenoxy) is 2. The molecule has 0 aliphatic heterocycles. The van der Waals surface area contributed by atoms with E-state index in [2.05, 4.69) is 29.6 Å². The largest absolute Gasteiger partial charge is 0.382 e. The minimum absolute atomic E-state index is 0.690. The van der Waals surface area contributed by atoms with E-state index in [1.807, 2.05) is 0 Å². The quantitative estimate of drug-likeness (QED) is 0.630.